The van der Waals surface area contributed by atoms with Crippen LogP contribution in [0.3, 0.4) is 0 Å². The molecule has 0 aliphatic heterocycles. The molecular formula is C16H26N4O2S. The van der Waals surface area contributed by atoms with E-state index in [4.69, 9.17) is 0 Å². The van der Waals surface area contributed by atoms with Gasteiger partial charge in [0.2, 0.25) is 0 Å². The number of aryl methyl sites for hydroxylation is 1. The van der Waals surface area contributed by atoms with Crippen LogP contribution in [0.25, 0.3) is 0 Å². The fourth-order valence-corrected chi connectivity index (χ4v) is 6.46. The maximum absolute atomic E-state index is 12.3. The Morgan fingerprint density at radius 2 is 1.74 bits per heavy atom. The van der Waals surface area contributed by atoms with Crippen molar-refractivity contribution in [1.29, 1.82) is 0 Å². The standard InChI is InChI=1S/C16H26N4O2S/c1-19(2)23(21,22)16-17-10-18-20(16)4-3-15-13-6-11-5-12(8-13)9-14(15)7-11/h10-15H,3-9H2,1-2H3. The average molecular weight is 338 g/mol. The number of rotatable bonds is 5. The van der Waals surface area contributed by atoms with Crippen LogP contribution >= 0.6 is 0 Å². The molecule has 4 saturated carbocycles. The lowest BCUT2D eigenvalue weighted by molar-refractivity contribution is -0.0416. The van der Waals surface area contributed by atoms with Crippen molar-refractivity contribution in [2.24, 2.45) is 29.6 Å². The van der Waals surface area contributed by atoms with Gasteiger partial charge in [-0.1, -0.05) is 0 Å². The molecule has 128 valence electrons. The first-order chi connectivity index (χ1) is 10.9. The summed E-state index contributed by atoms with van der Waals surface area (Å²) >= 11 is 0. The van der Waals surface area contributed by atoms with E-state index in [1.807, 2.05) is 0 Å². The van der Waals surface area contributed by atoms with Gasteiger partial charge in [0, 0.05) is 20.6 Å². The highest BCUT2D eigenvalue weighted by Crippen LogP contribution is 2.57. The quantitative estimate of drug-likeness (QED) is 0.823. The molecule has 1 heterocycles. The fourth-order valence-electron chi connectivity index (χ4n) is 5.55. The molecule has 7 heteroatoms. The third-order valence-electron chi connectivity index (χ3n) is 6.39. The van der Waals surface area contributed by atoms with Gasteiger partial charge < -0.3 is 0 Å². The van der Waals surface area contributed by atoms with E-state index in [2.05, 4.69) is 10.1 Å². The van der Waals surface area contributed by atoms with Crippen LogP contribution in [0.5, 0.6) is 0 Å². The van der Waals surface area contributed by atoms with Crippen molar-refractivity contribution in [2.75, 3.05) is 14.1 Å². The molecule has 0 spiro atoms. The number of nitrogens with zero attached hydrogens (tertiary/aromatic N) is 4. The molecule has 4 fully saturated rings. The number of hydrogen-bond donors (Lipinski definition) is 0. The lowest BCUT2D eigenvalue weighted by Crippen LogP contribution is -2.45. The van der Waals surface area contributed by atoms with Crippen LogP contribution in [0.15, 0.2) is 11.5 Å². The predicted molar refractivity (Wildman–Crippen MR) is 86.0 cm³/mol. The van der Waals surface area contributed by atoms with E-state index in [0.717, 1.165) is 36.0 Å². The summed E-state index contributed by atoms with van der Waals surface area (Å²) in [7, 11) is -0.447. The third-order valence-corrected chi connectivity index (χ3v) is 8.13. The number of hydrogen-bond acceptors (Lipinski definition) is 4. The van der Waals surface area contributed by atoms with E-state index in [1.165, 1.54) is 56.8 Å². The average Bonchev–Trinajstić information content (AvgIpc) is 2.94. The van der Waals surface area contributed by atoms with Gasteiger partial charge in [-0.15, -0.1) is 0 Å². The molecule has 23 heavy (non-hydrogen) atoms. The smallest absolute Gasteiger partial charge is 0.235 e. The highest BCUT2D eigenvalue weighted by molar-refractivity contribution is 7.88. The van der Waals surface area contributed by atoms with Crippen molar-refractivity contribution in [1.82, 2.24) is 19.1 Å². The molecule has 4 aliphatic rings. The lowest BCUT2D eigenvalue weighted by Gasteiger charge is -2.54. The Labute approximate surface area is 138 Å². The van der Waals surface area contributed by atoms with Gasteiger partial charge in [-0.3, -0.25) is 0 Å². The van der Waals surface area contributed by atoms with Crippen molar-refractivity contribution in [3.8, 4) is 0 Å². The van der Waals surface area contributed by atoms with Crippen LogP contribution in [0.4, 0.5) is 0 Å². The van der Waals surface area contributed by atoms with Crippen LogP contribution in [0.2, 0.25) is 0 Å². The molecule has 0 saturated heterocycles. The minimum atomic E-state index is -3.51. The second-order valence-corrected chi connectivity index (χ2v) is 9.98. The minimum absolute atomic E-state index is 0.0753. The van der Waals surface area contributed by atoms with Crippen LogP contribution in [-0.2, 0) is 16.6 Å². The summed E-state index contributed by atoms with van der Waals surface area (Å²) in [5.74, 6) is 4.43. The zero-order valence-corrected chi connectivity index (χ0v) is 14.7. The summed E-state index contributed by atoms with van der Waals surface area (Å²) in [4.78, 5) is 3.99. The summed E-state index contributed by atoms with van der Waals surface area (Å²) < 4.78 is 27.4. The van der Waals surface area contributed by atoms with Crippen LogP contribution in [0.1, 0.15) is 38.5 Å². The lowest BCUT2D eigenvalue weighted by atomic mass is 9.51. The van der Waals surface area contributed by atoms with E-state index < -0.39 is 10.0 Å². The molecule has 0 radical (unpaired) electrons. The van der Waals surface area contributed by atoms with Gasteiger partial charge in [0.25, 0.3) is 15.2 Å². The Hall–Kier alpha value is -0.950. The Morgan fingerprint density at radius 1 is 1.13 bits per heavy atom. The van der Waals surface area contributed by atoms with E-state index in [9.17, 15) is 8.42 Å². The normalized spacial score (nSPS) is 36.0. The fraction of sp³-hybridized carbons (Fsp3) is 0.875. The van der Waals surface area contributed by atoms with Crippen LogP contribution < -0.4 is 0 Å². The minimum Gasteiger partial charge on any atom is -0.235 e. The molecule has 0 aromatic carbocycles. The van der Waals surface area contributed by atoms with Crippen molar-refractivity contribution in [3.05, 3.63) is 6.33 Å². The highest BCUT2D eigenvalue weighted by Gasteiger charge is 2.47. The molecule has 4 aliphatic carbocycles. The Morgan fingerprint density at radius 3 is 2.30 bits per heavy atom. The Balaban J connectivity index is 1.48. The molecule has 0 unspecified atom stereocenters. The van der Waals surface area contributed by atoms with Crippen molar-refractivity contribution in [2.45, 2.75) is 50.2 Å². The number of aromatic nitrogens is 3. The van der Waals surface area contributed by atoms with Crippen molar-refractivity contribution in [3.63, 3.8) is 0 Å². The summed E-state index contributed by atoms with van der Waals surface area (Å²) in [6.07, 6.45) is 9.46. The highest BCUT2D eigenvalue weighted by atomic mass is 32.2. The second kappa shape index (κ2) is 5.55. The van der Waals surface area contributed by atoms with Gasteiger partial charge in [-0.25, -0.2) is 22.4 Å². The monoisotopic (exact) mass is 338 g/mol. The van der Waals surface area contributed by atoms with Crippen LogP contribution in [0, 0.1) is 29.6 Å². The summed E-state index contributed by atoms with van der Waals surface area (Å²) in [5.41, 5.74) is 0. The molecule has 6 nitrogen and oxygen atoms in total. The van der Waals surface area contributed by atoms with Gasteiger partial charge in [0.05, 0.1) is 0 Å². The Bertz CT molecular complexity index is 654. The van der Waals surface area contributed by atoms with Gasteiger partial charge in [0.1, 0.15) is 6.33 Å². The molecular weight excluding hydrogens is 312 g/mol. The van der Waals surface area contributed by atoms with E-state index in [0.29, 0.717) is 6.54 Å². The maximum Gasteiger partial charge on any atom is 0.278 e. The zero-order chi connectivity index (χ0) is 16.2. The first kappa shape index (κ1) is 15.6. The van der Waals surface area contributed by atoms with E-state index >= 15 is 0 Å². The van der Waals surface area contributed by atoms with Crippen molar-refractivity contribution >= 4 is 10.0 Å². The molecule has 0 amide bonds. The zero-order valence-electron chi connectivity index (χ0n) is 13.9. The summed E-state index contributed by atoms with van der Waals surface area (Å²) in [6.45, 7) is 0.662. The Kier molecular flexibility index (Phi) is 3.76. The van der Waals surface area contributed by atoms with Gasteiger partial charge in [-0.2, -0.15) is 5.10 Å². The predicted octanol–water partition coefficient (Wildman–Crippen LogP) is 1.99. The maximum atomic E-state index is 12.3. The van der Waals surface area contributed by atoms with Crippen LogP contribution in [-0.4, -0.2) is 41.6 Å². The van der Waals surface area contributed by atoms with Gasteiger partial charge in [0.15, 0.2) is 0 Å². The van der Waals surface area contributed by atoms with E-state index in [1.54, 1.807) is 4.68 Å². The van der Waals surface area contributed by atoms with Gasteiger partial charge in [-0.05, 0) is 68.1 Å². The topological polar surface area (TPSA) is 68.1 Å². The third kappa shape index (κ3) is 2.61. The molecule has 1 aromatic rings. The molecule has 0 N–H and O–H groups in total. The van der Waals surface area contributed by atoms with Crippen molar-refractivity contribution < 1.29 is 8.42 Å². The second-order valence-electron chi connectivity index (χ2n) is 7.94. The number of sulfonamides is 1. The molecule has 5 rings (SSSR count). The van der Waals surface area contributed by atoms with E-state index in [-0.39, 0.29) is 5.16 Å². The largest absolute Gasteiger partial charge is 0.278 e. The molecule has 0 atom stereocenters. The molecule has 1 aromatic heterocycles. The summed E-state index contributed by atoms with van der Waals surface area (Å²) in [6, 6.07) is 0. The molecule has 4 bridgehead atoms. The first-order valence-electron chi connectivity index (χ1n) is 8.75. The summed E-state index contributed by atoms with van der Waals surface area (Å²) in [5, 5.41) is 4.24. The SMILES string of the molecule is CN(C)S(=O)(=O)c1ncnn1CCC1C2CC3CC(C2)CC1C3. The first-order valence-corrected chi connectivity index (χ1v) is 10.2. The van der Waals surface area contributed by atoms with Gasteiger partial charge >= 0.3 is 0 Å².